The lowest BCUT2D eigenvalue weighted by Crippen LogP contribution is -2.30. The highest BCUT2D eigenvalue weighted by molar-refractivity contribution is 6.15. The minimum atomic E-state index is -0.602. The predicted molar refractivity (Wildman–Crippen MR) is 108 cm³/mol. The predicted octanol–water partition coefficient (Wildman–Crippen LogP) is 3.77. The van der Waals surface area contributed by atoms with Crippen molar-refractivity contribution in [3.63, 3.8) is 0 Å². The topological polar surface area (TPSA) is 82.0 Å². The van der Waals surface area contributed by atoms with Crippen molar-refractivity contribution in [3.8, 4) is 6.07 Å². The Morgan fingerprint density at radius 3 is 2.28 bits per heavy atom. The molecular weight excluding hydrogens is 369 g/mol. The standard InChI is InChI=1S/C23H18FN3O2/c24-20-11-6-12-21(19(20)15-25)26-13-14-27-23(29)18-10-5-4-9-17(18)22(28)16-7-2-1-3-8-16/h1-12,26H,13-14H2,(H,27,29). The van der Waals surface area contributed by atoms with E-state index in [-0.39, 0.29) is 29.4 Å². The van der Waals surface area contributed by atoms with E-state index in [9.17, 15) is 14.0 Å². The number of anilines is 1. The highest BCUT2D eigenvalue weighted by Crippen LogP contribution is 2.17. The van der Waals surface area contributed by atoms with Crippen molar-refractivity contribution in [2.75, 3.05) is 18.4 Å². The van der Waals surface area contributed by atoms with Crippen LogP contribution >= 0.6 is 0 Å². The molecule has 0 atom stereocenters. The van der Waals surface area contributed by atoms with E-state index >= 15 is 0 Å². The van der Waals surface area contributed by atoms with Gasteiger partial charge in [0.2, 0.25) is 0 Å². The van der Waals surface area contributed by atoms with Gasteiger partial charge in [0.1, 0.15) is 17.4 Å². The summed E-state index contributed by atoms with van der Waals surface area (Å²) in [4.78, 5) is 25.3. The van der Waals surface area contributed by atoms with Gasteiger partial charge in [-0.3, -0.25) is 9.59 Å². The summed E-state index contributed by atoms with van der Waals surface area (Å²) in [6.45, 7) is 0.521. The van der Waals surface area contributed by atoms with Crippen LogP contribution in [-0.2, 0) is 0 Å². The van der Waals surface area contributed by atoms with Crippen LogP contribution in [0.5, 0.6) is 0 Å². The van der Waals surface area contributed by atoms with Gasteiger partial charge in [-0.2, -0.15) is 5.26 Å². The Hall–Kier alpha value is -3.98. The summed E-state index contributed by atoms with van der Waals surface area (Å²) < 4.78 is 13.6. The number of carbonyl (C=O) groups is 2. The van der Waals surface area contributed by atoms with Crippen LogP contribution in [0.15, 0.2) is 72.8 Å². The average Bonchev–Trinajstić information content (AvgIpc) is 2.76. The van der Waals surface area contributed by atoms with Crippen LogP contribution in [0.2, 0.25) is 0 Å². The molecule has 2 N–H and O–H groups in total. The van der Waals surface area contributed by atoms with Crippen LogP contribution in [0.25, 0.3) is 0 Å². The number of nitrogens with one attached hydrogen (secondary N) is 2. The second kappa shape index (κ2) is 9.29. The van der Waals surface area contributed by atoms with E-state index in [1.54, 1.807) is 54.6 Å². The molecule has 0 bridgehead atoms. The van der Waals surface area contributed by atoms with E-state index in [1.807, 2.05) is 12.1 Å². The van der Waals surface area contributed by atoms with Crippen LogP contribution in [0.3, 0.4) is 0 Å². The second-order valence-corrected chi connectivity index (χ2v) is 6.20. The first-order valence-corrected chi connectivity index (χ1v) is 9.01. The molecule has 3 rings (SSSR count). The third kappa shape index (κ3) is 4.66. The molecule has 1 amide bonds. The fourth-order valence-corrected chi connectivity index (χ4v) is 2.88. The van der Waals surface area contributed by atoms with Crippen LogP contribution in [0, 0.1) is 17.1 Å². The zero-order chi connectivity index (χ0) is 20.6. The minimum absolute atomic E-state index is 0.0716. The third-order valence-corrected chi connectivity index (χ3v) is 4.30. The maximum absolute atomic E-state index is 13.6. The smallest absolute Gasteiger partial charge is 0.252 e. The molecule has 5 nitrogen and oxygen atoms in total. The molecule has 0 aliphatic carbocycles. The third-order valence-electron chi connectivity index (χ3n) is 4.30. The summed E-state index contributed by atoms with van der Waals surface area (Å²) in [5.41, 5.74) is 1.40. The Morgan fingerprint density at radius 1 is 0.862 bits per heavy atom. The van der Waals surface area contributed by atoms with Crippen molar-refractivity contribution >= 4 is 17.4 Å². The fraction of sp³-hybridized carbons (Fsp3) is 0.0870. The van der Waals surface area contributed by atoms with Crippen LogP contribution in [0.1, 0.15) is 31.8 Å². The highest BCUT2D eigenvalue weighted by atomic mass is 19.1. The first kappa shape index (κ1) is 19.8. The molecule has 0 saturated carbocycles. The van der Waals surface area contributed by atoms with E-state index < -0.39 is 5.82 Å². The zero-order valence-electron chi connectivity index (χ0n) is 15.5. The van der Waals surface area contributed by atoms with Crippen LogP contribution < -0.4 is 10.6 Å². The quantitative estimate of drug-likeness (QED) is 0.478. The Labute approximate surface area is 167 Å². The number of benzene rings is 3. The van der Waals surface area contributed by atoms with E-state index in [0.29, 0.717) is 23.4 Å². The van der Waals surface area contributed by atoms with Gasteiger partial charge in [-0.05, 0) is 18.2 Å². The van der Waals surface area contributed by atoms with E-state index in [1.165, 1.54) is 12.1 Å². The first-order chi connectivity index (χ1) is 14.1. The number of nitriles is 1. The summed E-state index contributed by atoms with van der Waals surface area (Å²) in [5.74, 6) is -1.21. The van der Waals surface area contributed by atoms with Gasteiger partial charge < -0.3 is 10.6 Å². The lowest BCUT2D eigenvalue weighted by atomic mass is 9.98. The second-order valence-electron chi connectivity index (χ2n) is 6.20. The SMILES string of the molecule is N#Cc1c(F)cccc1NCCNC(=O)c1ccccc1C(=O)c1ccccc1. The van der Waals surface area contributed by atoms with Crippen molar-refractivity contribution in [2.24, 2.45) is 0 Å². The molecule has 3 aromatic carbocycles. The Kier molecular flexibility index (Phi) is 6.33. The van der Waals surface area contributed by atoms with Crippen molar-refractivity contribution in [1.82, 2.24) is 5.32 Å². The van der Waals surface area contributed by atoms with Crippen molar-refractivity contribution in [1.29, 1.82) is 5.26 Å². The summed E-state index contributed by atoms with van der Waals surface area (Å²) in [6, 6.07) is 21.5. The molecule has 0 aliphatic heterocycles. The highest BCUT2D eigenvalue weighted by Gasteiger charge is 2.17. The van der Waals surface area contributed by atoms with Crippen LogP contribution in [0.4, 0.5) is 10.1 Å². The number of ketones is 1. The van der Waals surface area contributed by atoms with Gasteiger partial charge in [0.15, 0.2) is 5.78 Å². The van der Waals surface area contributed by atoms with Gasteiger partial charge in [0.05, 0.1) is 11.3 Å². The lowest BCUT2D eigenvalue weighted by molar-refractivity contribution is 0.0943. The number of carbonyl (C=O) groups excluding carboxylic acids is 2. The van der Waals surface area contributed by atoms with Crippen molar-refractivity contribution in [2.45, 2.75) is 0 Å². The van der Waals surface area contributed by atoms with E-state index in [2.05, 4.69) is 10.6 Å². The maximum Gasteiger partial charge on any atom is 0.252 e. The molecule has 144 valence electrons. The van der Waals surface area contributed by atoms with Gasteiger partial charge in [-0.1, -0.05) is 54.6 Å². The Balaban J connectivity index is 1.65. The number of hydrogen-bond donors (Lipinski definition) is 2. The Bertz CT molecular complexity index is 1070. The first-order valence-electron chi connectivity index (χ1n) is 9.01. The number of hydrogen-bond acceptors (Lipinski definition) is 4. The molecule has 6 heteroatoms. The molecule has 0 spiro atoms. The normalized spacial score (nSPS) is 10.1. The molecule has 0 aliphatic rings. The fourth-order valence-electron chi connectivity index (χ4n) is 2.88. The number of nitrogens with zero attached hydrogens (tertiary/aromatic N) is 1. The molecule has 0 aromatic heterocycles. The monoisotopic (exact) mass is 387 g/mol. The molecule has 0 saturated heterocycles. The number of halogens is 1. The van der Waals surface area contributed by atoms with Gasteiger partial charge in [-0.15, -0.1) is 0 Å². The van der Waals surface area contributed by atoms with Crippen LogP contribution in [-0.4, -0.2) is 24.8 Å². The number of amides is 1. The largest absolute Gasteiger partial charge is 0.382 e. The van der Waals surface area contributed by atoms with E-state index in [0.717, 1.165) is 0 Å². The molecule has 3 aromatic rings. The minimum Gasteiger partial charge on any atom is -0.382 e. The lowest BCUT2D eigenvalue weighted by Gasteiger charge is -2.11. The molecule has 0 heterocycles. The molecular formula is C23H18FN3O2. The molecule has 0 fully saturated rings. The summed E-state index contributed by atoms with van der Waals surface area (Å²) >= 11 is 0. The van der Waals surface area contributed by atoms with Gasteiger partial charge in [0.25, 0.3) is 5.91 Å². The zero-order valence-corrected chi connectivity index (χ0v) is 15.5. The van der Waals surface area contributed by atoms with E-state index in [4.69, 9.17) is 5.26 Å². The van der Waals surface area contributed by atoms with Gasteiger partial charge in [0, 0.05) is 24.2 Å². The molecule has 0 unspecified atom stereocenters. The average molecular weight is 387 g/mol. The summed E-state index contributed by atoms with van der Waals surface area (Å²) in [7, 11) is 0. The Morgan fingerprint density at radius 2 is 1.55 bits per heavy atom. The molecule has 0 radical (unpaired) electrons. The maximum atomic E-state index is 13.6. The molecule has 29 heavy (non-hydrogen) atoms. The number of rotatable bonds is 7. The van der Waals surface area contributed by atoms with Gasteiger partial charge in [-0.25, -0.2) is 4.39 Å². The van der Waals surface area contributed by atoms with Gasteiger partial charge >= 0.3 is 0 Å². The summed E-state index contributed by atoms with van der Waals surface area (Å²) in [5, 5.41) is 14.7. The summed E-state index contributed by atoms with van der Waals surface area (Å²) in [6.07, 6.45) is 0. The van der Waals surface area contributed by atoms with Crippen molar-refractivity contribution < 1.29 is 14.0 Å². The van der Waals surface area contributed by atoms with Crippen molar-refractivity contribution in [3.05, 3.63) is 101 Å².